The van der Waals surface area contributed by atoms with Crippen molar-refractivity contribution < 1.29 is 0 Å². The van der Waals surface area contributed by atoms with Gasteiger partial charge in [0.2, 0.25) is 0 Å². The van der Waals surface area contributed by atoms with Gasteiger partial charge in [0.1, 0.15) is 0 Å². The van der Waals surface area contributed by atoms with Crippen LogP contribution in [0.15, 0.2) is 6.20 Å². The van der Waals surface area contributed by atoms with Gasteiger partial charge in [-0.2, -0.15) is 5.10 Å². The Hall–Kier alpha value is -1.03. The van der Waals surface area contributed by atoms with Gasteiger partial charge in [-0.25, -0.2) is 4.98 Å². The van der Waals surface area contributed by atoms with Gasteiger partial charge in [-0.15, -0.1) is 5.10 Å². The van der Waals surface area contributed by atoms with Crippen molar-refractivity contribution in [1.82, 2.24) is 20.5 Å². The summed E-state index contributed by atoms with van der Waals surface area (Å²) < 4.78 is 0. The molecule has 1 aromatic rings. The first-order valence-corrected chi connectivity index (χ1v) is 6.34. The molecule has 2 fully saturated rings. The van der Waals surface area contributed by atoms with E-state index >= 15 is 0 Å². The van der Waals surface area contributed by atoms with Crippen LogP contribution in [0, 0.1) is 0 Å². The molecule has 86 valence electrons. The van der Waals surface area contributed by atoms with E-state index in [0.29, 0.717) is 12.0 Å². The Kier molecular flexibility index (Phi) is 2.82. The van der Waals surface area contributed by atoms with Crippen molar-refractivity contribution in [2.75, 3.05) is 6.54 Å². The molecule has 0 spiro atoms. The number of nitrogens with zero attached hydrogens (tertiary/aromatic N) is 3. The third-order valence-corrected chi connectivity index (χ3v) is 3.46. The molecule has 1 N–H and O–H groups in total. The Morgan fingerprint density at radius 2 is 2.19 bits per heavy atom. The molecule has 1 unspecified atom stereocenters. The molecule has 16 heavy (non-hydrogen) atoms. The standard InChI is InChI=1S/C12H18N4/c1-2-6-13-10(3-1)7-12-15-11(8-14-16-12)9-4-5-9/h8-10,13H,1-7H2. The fourth-order valence-corrected chi connectivity index (χ4v) is 2.34. The predicted octanol–water partition coefficient (Wildman–Crippen LogP) is 1.43. The Bertz CT molecular complexity index is 356. The molecule has 0 radical (unpaired) electrons. The topological polar surface area (TPSA) is 50.7 Å². The summed E-state index contributed by atoms with van der Waals surface area (Å²) in [4.78, 5) is 4.62. The molecule has 2 heterocycles. The first-order valence-electron chi connectivity index (χ1n) is 6.34. The highest BCUT2D eigenvalue weighted by Crippen LogP contribution is 2.38. The minimum absolute atomic E-state index is 0.560. The van der Waals surface area contributed by atoms with Gasteiger partial charge in [0, 0.05) is 18.4 Å². The van der Waals surface area contributed by atoms with Crippen LogP contribution in [0.5, 0.6) is 0 Å². The Morgan fingerprint density at radius 1 is 1.25 bits per heavy atom. The van der Waals surface area contributed by atoms with Crippen LogP contribution in [0.1, 0.15) is 49.5 Å². The molecular formula is C12H18N4. The number of rotatable bonds is 3. The van der Waals surface area contributed by atoms with Gasteiger partial charge in [-0.3, -0.25) is 0 Å². The highest BCUT2D eigenvalue weighted by atomic mass is 15.1. The molecule has 4 heteroatoms. The Morgan fingerprint density at radius 3 is 2.94 bits per heavy atom. The van der Waals surface area contributed by atoms with E-state index in [1.807, 2.05) is 6.20 Å². The number of aromatic nitrogens is 3. The molecule has 1 saturated heterocycles. The largest absolute Gasteiger partial charge is 0.314 e. The van der Waals surface area contributed by atoms with Crippen molar-refractivity contribution in [1.29, 1.82) is 0 Å². The van der Waals surface area contributed by atoms with Crippen molar-refractivity contribution in [2.45, 2.75) is 50.5 Å². The lowest BCUT2D eigenvalue weighted by Crippen LogP contribution is -2.36. The van der Waals surface area contributed by atoms with Crippen LogP contribution in [0.25, 0.3) is 0 Å². The van der Waals surface area contributed by atoms with E-state index in [1.165, 1.54) is 32.1 Å². The summed E-state index contributed by atoms with van der Waals surface area (Å²) in [5, 5.41) is 11.7. The van der Waals surface area contributed by atoms with E-state index in [9.17, 15) is 0 Å². The zero-order valence-corrected chi connectivity index (χ0v) is 9.52. The van der Waals surface area contributed by atoms with Gasteiger partial charge in [0.25, 0.3) is 0 Å². The average molecular weight is 218 g/mol. The van der Waals surface area contributed by atoms with Crippen LogP contribution in [0.2, 0.25) is 0 Å². The monoisotopic (exact) mass is 218 g/mol. The van der Waals surface area contributed by atoms with Crippen LogP contribution in [0.4, 0.5) is 0 Å². The lowest BCUT2D eigenvalue weighted by atomic mass is 10.0. The molecule has 3 rings (SSSR count). The van der Waals surface area contributed by atoms with Gasteiger partial charge < -0.3 is 5.32 Å². The molecule has 1 saturated carbocycles. The van der Waals surface area contributed by atoms with E-state index in [4.69, 9.17) is 0 Å². The quantitative estimate of drug-likeness (QED) is 0.834. The lowest BCUT2D eigenvalue weighted by molar-refractivity contribution is 0.392. The molecule has 1 aliphatic carbocycles. The van der Waals surface area contributed by atoms with Crippen LogP contribution in [0.3, 0.4) is 0 Å². The third-order valence-electron chi connectivity index (χ3n) is 3.46. The second-order valence-electron chi connectivity index (χ2n) is 4.92. The fraction of sp³-hybridized carbons (Fsp3) is 0.750. The average Bonchev–Trinajstić information content (AvgIpc) is 3.15. The molecule has 1 aliphatic heterocycles. The molecule has 0 aromatic carbocycles. The van der Waals surface area contributed by atoms with Crippen LogP contribution >= 0.6 is 0 Å². The normalized spacial score (nSPS) is 25.6. The minimum Gasteiger partial charge on any atom is -0.314 e. The van der Waals surface area contributed by atoms with E-state index in [2.05, 4.69) is 20.5 Å². The smallest absolute Gasteiger partial charge is 0.152 e. The van der Waals surface area contributed by atoms with Crippen molar-refractivity contribution in [3.8, 4) is 0 Å². The number of piperidine rings is 1. The third kappa shape index (κ3) is 2.38. The number of hydrogen-bond donors (Lipinski definition) is 1. The zero-order valence-electron chi connectivity index (χ0n) is 9.52. The summed E-state index contributed by atoms with van der Waals surface area (Å²) >= 11 is 0. The van der Waals surface area contributed by atoms with Crippen LogP contribution in [-0.4, -0.2) is 27.8 Å². The van der Waals surface area contributed by atoms with E-state index in [-0.39, 0.29) is 0 Å². The van der Waals surface area contributed by atoms with E-state index in [1.54, 1.807) is 0 Å². The first kappa shape index (κ1) is 10.1. The van der Waals surface area contributed by atoms with Crippen LogP contribution < -0.4 is 5.32 Å². The van der Waals surface area contributed by atoms with Gasteiger partial charge in [-0.05, 0) is 32.2 Å². The van der Waals surface area contributed by atoms with Gasteiger partial charge in [0.05, 0.1) is 11.9 Å². The van der Waals surface area contributed by atoms with Crippen molar-refractivity contribution in [2.24, 2.45) is 0 Å². The maximum absolute atomic E-state index is 4.62. The maximum Gasteiger partial charge on any atom is 0.152 e. The molecular weight excluding hydrogens is 200 g/mol. The van der Waals surface area contributed by atoms with Crippen molar-refractivity contribution in [3.05, 3.63) is 17.7 Å². The molecule has 0 amide bonds. The van der Waals surface area contributed by atoms with Gasteiger partial charge >= 0.3 is 0 Å². The molecule has 4 nitrogen and oxygen atoms in total. The van der Waals surface area contributed by atoms with Gasteiger partial charge in [-0.1, -0.05) is 6.42 Å². The predicted molar refractivity (Wildman–Crippen MR) is 61.1 cm³/mol. The number of nitrogens with one attached hydrogen (secondary N) is 1. The SMILES string of the molecule is c1nnc(CC2CCCCN2)nc1C1CC1. The van der Waals surface area contributed by atoms with Crippen LogP contribution in [-0.2, 0) is 6.42 Å². The van der Waals surface area contributed by atoms with Gasteiger partial charge in [0.15, 0.2) is 5.82 Å². The summed E-state index contributed by atoms with van der Waals surface area (Å²) in [6.07, 6.45) is 9.20. The Labute approximate surface area is 95.9 Å². The van der Waals surface area contributed by atoms with E-state index < -0.39 is 0 Å². The van der Waals surface area contributed by atoms with E-state index in [0.717, 1.165) is 24.5 Å². The summed E-state index contributed by atoms with van der Waals surface area (Å²) in [7, 11) is 0. The number of hydrogen-bond acceptors (Lipinski definition) is 4. The second-order valence-corrected chi connectivity index (χ2v) is 4.92. The minimum atomic E-state index is 0.560. The van der Waals surface area contributed by atoms with Crippen molar-refractivity contribution >= 4 is 0 Å². The molecule has 0 bridgehead atoms. The van der Waals surface area contributed by atoms with Crippen molar-refractivity contribution in [3.63, 3.8) is 0 Å². The first-order chi connectivity index (χ1) is 7.92. The maximum atomic E-state index is 4.62. The summed E-state index contributed by atoms with van der Waals surface area (Å²) in [6.45, 7) is 1.14. The zero-order chi connectivity index (χ0) is 10.8. The molecule has 1 atom stereocenters. The fourth-order valence-electron chi connectivity index (χ4n) is 2.34. The summed E-state index contributed by atoms with van der Waals surface area (Å²) in [5.41, 5.74) is 1.15. The second kappa shape index (κ2) is 4.45. The molecule has 1 aromatic heterocycles. The lowest BCUT2D eigenvalue weighted by Gasteiger charge is -2.22. The highest BCUT2D eigenvalue weighted by Gasteiger charge is 2.26. The summed E-state index contributed by atoms with van der Waals surface area (Å²) in [6, 6.07) is 0.560. The summed E-state index contributed by atoms with van der Waals surface area (Å²) in [5.74, 6) is 1.59. The Balaban J connectivity index is 1.66. The molecule has 2 aliphatic rings. The highest BCUT2D eigenvalue weighted by molar-refractivity contribution is 5.10.